The Bertz CT molecular complexity index is 232. The van der Waals surface area contributed by atoms with Crippen LogP contribution in [0.4, 0.5) is 13.2 Å². The molecule has 1 rings (SSSR count). The zero-order chi connectivity index (χ0) is 11.5. The lowest BCUT2D eigenvalue weighted by Crippen LogP contribution is -2.30. The molecule has 15 heavy (non-hydrogen) atoms. The van der Waals surface area contributed by atoms with Gasteiger partial charge in [-0.2, -0.15) is 13.2 Å². The first-order chi connectivity index (χ1) is 6.88. The molecule has 0 aromatic heterocycles. The highest BCUT2D eigenvalue weighted by Crippen LogP contribution is 2.15. The van der Waals surface area contributed by atoms with E-state index in [2.05, 4.69) is 4.74 Å². The summed E-state index contributed by atoms with van der Waals surface area (Å²) >= 11 is 0. The van der Waals surface area contributed by atoms with Gasteiger partial charge in [0.25, 0.3) is 0 Å². The first-order valence-electron chi connectivity index (χ1n) is 4.49. The minimum atomic E-state index is -4.34. The molecule has 1 unspecified atom stereocenters. The molecule has 4 nitrogen and oxygen atoms in total. The third kappa shape index (κ3) is 4.48. The molecule has 88 valence electrons. The Morgan fingerprint density at radius 1 is 1.53 bits per heavy atom. The molecule has 1 fully saturated rings. The number of hydrogen-bond donors (Lipinski definition) is 1. The lowest BCUT2D eigenvalue weighted by molar-refractivity contribution is -0.174. The molecule has 0 aromatic rings. The van der Waals surface area contributed by atoms with Crippen molar-refractivity contribution in [2.24, 2.45) is 0 Å². The first kappa shape index (κ1) is 12.3. The molecule has 1 atom stereocenters. The zero-order valence-corrected chi connectivity index (χ0v) is 7.96. The van der Waals surface area contributed by atoms with Crippen molar-refractivity contribution < 1.29 is 27.8 Å². The summed E-state index contributed by atoms with van der Waals surface area (Å²) in [6.45, 7) is -1.21. The maximum absolute atomic E-state index is 11.6. The molecule has 0 saturated carbocycles. The van der Waals surface area contributed by atoms with Gasteiger partial charge in [-0.15, -0.1) is 0 Å². The summed E-state index contributed by atoms with van der Waals surface area (Å²) in [5, 5.41) is 9.07. The number of nitrogens with zero attached hydrogens (tertiary/aromatic N) is 1. The number of amides is 1. The van der Waals surface area contributed by atoms with Crippen LogP contribution < -0.4 is 0 Å². The highest BCUT2D eigenvalue weighted by Gasteiger charge is 2.29. The molecule has 7 heteroatoms. The van der Waals surface area contributed by atoms with E-state index in [4.69, 9.17) is 5.11 Å². The molecule has 0 aliphatic carbocycles. The summed E-state index contributed by atoms with van der Waals surface area (Å²) in [7, 11) is 0. The Morgan fingerprint density at radius 3 is 2.67 bits per heavy atom. The van der Waals surface area contributed by atoms with Crippen molar-refractivity contribution in [1.82, 2.24) is 4.90 Å². The quantitative estimate of drug-likeness (QED) is 0.696. The molecule has 1 heterocycles. The third-order valence-electron chi connectivity index (χ3n) is 1.97. The minimum Gasteiger partial charge on any atom is -0.391 e. The average Bonchev–Trinajstić information content (AvgIpc) is 2.37. The summed E-state index contributed by atoms with van der Waals surface area (Å²) in [5.74, 6) is -0.252. The number of aliphatic hydroxyl groups excluding tert-OH is 1. The normalized spacial score (nSPS) is 22.5. The van der Waals surface area contributed by atoms with Crippen LogP contribution in [0.5, 0.6) is 0 Å². The Hall–Kier alpha value is -0.820. The smallest absolute Gasteiger partial charge is 0.391 e. The number of ether oxygens (including phenoxy) is 1. The maximum atomic E-state index is 11.6. The van der Waals surface area contributed by atoms with Crippen LogP contribution in [0.1, 0.15) is 6.42 Å². The Morgan fingerprint density at radius 2 is 2.20 bits per heavy atom. The van der Waals surface area contributed by atoms with E-state index < -0.39 is 18.9 Å². The Labute approximate surface area is 84.6 Å². The molecular formula is C8H12F3NO3. The van der Waals surface area contributed by atoms with Crippen molar-refractivity contribution in [1.29, 1.82) is 0 Å². The summed E-state index contributed by atoms with van der Waals surface area (Å²) in [6, 6.07) is 0. The predicted octanol–water partition coefficient (Wildman–Crippen LogP) is 0.159. The van der Waals surface area contributed by atoms with E-state index in [1.807, 2.05) is 0 Å². The monoisotopic (exact) mass is 227 g/mol. The number of rotatable bonds is 4. The van der Waals surface area contributed by atoms with Gasteiger partial charge in [-0.05, 0) is 0 Å². The number of alkyl halides is 3. The number of halogens is 3. The zero-order valence-electron chi connectivity index (χ0n) is 7.96. The van der Waals surface area contributed by atoms with Crippen LogP contribution in [0, 0.1) is 0 Å². The van der Waals surface area contributed by atoms with Crippen LogP contribution in [0.25, 0.3) is 0 Å². The summed E-state index contributed by atoms with van der Waals surface area (Å²) in [4.78, 5) is 12.4. The van der Waals surface area contributed by atoms with Crippen molar-refractivity contribution >= 4 is 5.91 Å². The van der Waals surface area contributed by atoms with E-state index >= 15 is 0 Å². The van der Waals surface area contributed by atoms with E-state index in [0.717, 1.165) is 0 Å². The van der Waals surface area contributed by atoms with E-state index in [1.54, 1.807) is 0 Å². The number of hydrogen-bond acceptors (Lipinski definition) is 3. The molecule has 0 bridgehead atoms. The summed E-state index contributed by atoms with van der Waals surface area (Å²) in [6.07, 6.45) is -5.01. The Balaban J connectivity index is 2.13. The number of carbonyl (C=O) groups excluding carboxylic acids is 1. The third-order valence-corrected chi connectivity index (χ3v) is 1.97. The molecule has 1 saturated heterocycles. The van der Waals surface area contributed by atoms with Crippen LogP contribution in [0.15, 0.2) is 0 Å². The van der Waals surface area contributed by atoms with Crippen LogP contribution in [-0.2, 0) is 9.53 Å². The fourth-order valence-corrected chi connectivity index (χ4v) is 1.33. The lowest BCUT2D eigenvalue weighted by Gasteiger charge is -2.15. The fourth-order valence-electron chi connectivity index (χ4n) is 1.33. The lowest BCUT2D eigenvalue weighted by atomic mass is 10.3. The predicted molar refractivity (Wildman–Crippen MR) is 44.1 cm³/mol. The molecule has 1 aliphatic rings. The van der Waals surface area contributed by atoms with Gasteiger partial charge < -0.3 is 14.7 Å². The number of β-amino-alcohol motifs (C(OH)–C–C–N with tert-alkyl or cyclic N) is 1. The van der Waals surface area contributed by atoms with Gasteiger partial charge in [0.05, 0.1) is 19.1 Å². The van der Waals surface area contributed by atoms with Gasteiger partial charge in [-0.25, -0.2) is 0 Å². The van der Waals surface area contributed by atoms with Crippen LogP contribution in [0.2, 0.25) is 0 Å². The first-order valence-corrected chi connectivity index (χ1v) is 4.49. The minimum absolute atomic E-state index is 0.0409. The number of carbonyl (C=O) groups is 1. The van der Waals surface area contributed by atoms with Crippen LogP contribution in [0.3, 0.4) is 0 Å². The standard InChI is InChI=1S/C8H12F3NO3/c9-8(10,11)5-15-2-1-12-4-6(13)3-7(12)14/h6,13H,1-5H2. The van der Waals surface area contributed by atoms with Crippen LogP contribution >= 0.6 is 0 Å². The highest BCUT2D eigenvalue weighted by atomic mass is 19.4. The molecule has 0 spiro atoms. The topological polar surface area (TPSA) is 49.8 Å². The highest BCUT2D eigenvalue weighted by molar-refractivity contribution is 5.78. The summed E-state index contributed by atoms with van der Waals surface area (Å²) < 4.78 is 39.3. The largest absolute Gasteiger partial charge is 0.411 e. The van der Waals surface area contributed by atoms with Gasteiger partial charge in [0.2, 0.25) is 5.91 Å². The molecule has 1 N–H and O–H groups in total. The number of aliphatic hydroxyl groups is 1. The van der Waals surface area contributed by atoms with Gasteiger partial charge in [0.15, 0.2) is 0 Å². The molecule has 1 aliphatic heterocycles. The average molecular weight is 227 g/mol. The van der Waals surface area contributed by atoms with Gasteiger partial charge in [-0.3, -0.25) is 4.79 Å². The van der Waals surface area contributed by atoms with Crippen LogP contribution in [-0.4, -0.2) is 54.5 Å². The van der Waals surface area contributed by atoms with Crippen molar-refractivity contribution in [2.75, 3.05) is 26.3 Å². The fraction of sp³-hybridized carbons (Fsp3) is 0.875. The van der Waals surface area contributed by atoms with E-state index in [-0.39, 0.29) is 32.0 Å². The Kier molecular flexibility index (Phi) is 3.92. The molecule has 0 aromatic carbocycles. The van der Waals surface area contributed by atoms with Gasteiger partial charge in [0.1, 0.15) is 6.61 Å². The van der Waals surface area contributed by atoms with Gasteiger partial charge in [0, 0.05) is 13.1 Å². The van der Waals surface area contributed by atoms with E-state index in [0.29, 0.717) is 0 Å². The summed E-state index contributed by atoms with van der Waals surface area (Å²) in [5.41, 5.74) is 0. The molecular weight excluding hydrogens is 215 g/mol. The molecule has 1 amide bonds. The SMILES string of the molecule is O=C1CC(O)CN1CCOCC(F)(F)F. The number of likely N-dealkylation sites (tertiary alicyclic amines) is 1. The van der Waals surface area contributed by atoms with E-state index in [9.17, 15) is 18.0 Å². The van der Waals surface area contributed by atoms with Crippen molar-refractivity contribution in [2.45, 2.75) is 18.7 Å². The van der Waals surface area contributed by atoms with Crippen molar-refractivity contribution in [3.8, 4) is 0 Å². The van der Waals surface area contributed by atoms with Crippen molar-refractivity contribution in [3.63, 3.8) is 0 Å². The van der Waals surface area contributed by atoms with Gasteiger partial charge >= 0.3 is 6.18 Å². The second-order valence-corrected chi connectivity index (χ2v) is 3.37. The van der Waals surface area contributed by atoms with E-state index in [1.165, 1.54) is 4.90 Å². The second-order valence-electron chi connectivity index (χ2n) is 3.37. The second kappa shape index (κ2) is 4.80. The van der Waals surface area contributed by atoms with Crippen molar-refractivity contribution in [3.05, 3.63) is 0 Å². The van der Waals surface area contributed by atoms with Gasteiger partial charge in [-0.1, -0.05) is 0 Å². The molecule has 0 radical (unpaired) electrons. The maximum Gasteiger partial charge on any atom is 0.411 e.